The molecule has 3 aromatic rings. The molecule has 0 fully saturated rings. The second-order valence-electron chi connectivity index (χ2n) is 9.57. The van der Waals surface area contributed by atoms with E-state index in [1.165, 1.54) is 10.7 Å². The molecule has 35 heavy (non-hydrogen) atoms. The van der Waals surface area contributed by atoms with Crippen LogP contribution in [0.2, 0.25) is 5.02 Å². The van der Waals surface area contributed by atoms with E-state index in [9.17, 15) is 19.8 Å². The number of benzene rings is 2. The third-order valence-electron chi connectivity index (χ3n) is 5.99. The molecule has 0 aliphatic rings. The van der Waals surface area contributed by atoms with E-state index < -0.39 is 28.9 Å². The second kappa shape index (κ2) is 10.5. The molecule has 8 nitrogen and oxygen atoms in total. The predicted molar refractivity (Wildman–Crippen MR) is 133 cm³/mol. The Kier molecular flexibility index (Phi) is 7.87. The molecule has 0 unspecified atom stereocenters. The molecule has 9 heteroatoms. The van der Waals surface area contributed by atoms with Crippen LogP contribution in [0, 0.1) is 5.41 Å². The first kappa shape index (κ1) is 26.2. The number of aromatic nitrogens is 2. The van der Waals surface area contributed by atoms with Crippen molar-refractivity contribution >= 4 is 23.5 Å². The lowest BCUT2D eigenvalue weighted by Gasteiger charge is -2.36. The van der Waals surface area contributed by atoms with Gasteiger partial charge in [0.1, 0.15) is 12.2 Å². The zero-order valence-electron chi connectivity index (χ0n) is 20.2. The fourth-order valence-corrected chi connectivity index (χ4v) is 3.43. The largest absolute Gasteiger partial charge is 0.481 e. The van der Waals surface area contributed by atoms with Crippen LogP contribution in [0.3, 0.4) is 0 Å². The van der Waals surface area contributed by atoms with Crippen molar-refractivity contribution in [1.82, 2.24) is 15.1 Å². The third kappa shape index (κ3) is 6.41. The zero-order chi connectivity index (χ0) is 25.8. The van der Waals surface area contributed by atoms with Gasteiger partial charge in [-0.25, -0.2) is 4.68 Å². The predicted octanol–water partition coefficient (Wildman–Crippen LogP) is 4.65. The number of para-hydroxylation sites is 1. The zero-order valence-corrected chi connectivity index (χ0v) is 20.9. The van der Waals surface area contributed by atoms with Crippen molar-refractivity contribution in [3.8, 4) is 11.6 Å². The van der Waals surface area contributed by atoms with Crippen LogP contribution in [0.25, 0.3) is 5.69 Å². The smallest absolute Gasteiger partial charge is 0.305 e. The summed E-state index contributed by atoms with van der Waals surface area (Å²) in [6, 6.07) is 16.5. The molecule has 2 atom stereocenters. The Balaban J connectivity index is 1.92. The number of carboxylic acids is 1. The number of nitrogens with zero attached hydrogens (tertiary/aromatic N) is 2. The van der Waals surface area contributed by atoms with Crippen LogP contribution in [0.15, 0.2) is 60.7 Å². The lowest BCUT2D eigenvalue weighted by Crippen LogP contribution is -2.45. The number of carboxylic acid groups (broad SMARTS) is 1. The lowest BCUT2D eigenvalue weighted by atomic mass is 9.78. The molecule has 1 aromatic heterocycles. The molecular weight excluding hydrogens is 470 g/mol. The number of rotatable bonds is 9. The minimum Gasteiger partial charge on any atom is -0.481 e. The van der Waals surface area contributed by atoms with Crippen LogP contribution in [-0.2, 0) is 4.79 Å². The summed E-state index contributed by atoms with van der Waals surface area (Å²) in [6.07, 6.45) is -0.354. The number of halogens is 1. The topological polar surface area (TPSA) is 114 Å². The molecule has 1 heterocycles. The van der Waals surface area contributed by atoms with Gasteiger partial charge in [0.25, 0.3) is 5.91 Å². The third-order valence-corrected chi connectivity index (χ3v) is 6.34. The normalized spacial score (nSPS) is 14.1. The van der Waals surface area contributed by atoms with Crippen molar-refractivity contribution in [2.45, 2.75) is 45.8 Å². The summed E-state index contributed by atoms with van der Waals surface area (Å²) in [6.45, 7) is 7.37. The average molecular weight is 500 g/mol. The summed E-state index contributed by atoms with van der Waals surface area (Å²) in [5.74, 6) is -1.41. The maximum atomic E-state index is 13.2. The molecule has 0 bridgehead atoms. The Labute approximate surface area is 209 Å². The Morgan fingerprint density at radius 2 is 1.71 bits per heavy atom. The molecule has 0 spiro atoms. The lowest BCUT2D eigenvalue weighted by molar-refractivity contribution is -0.137. The summed E-state index contributed by atoms with van der Waals surface area (Å²) < 4.78 is 7.41. The van der Waals surface area contributed by atoms with Crippen molar-refractivity contribution in [2.24, 2.45) is 5.41 Å². The van der Waals surface area contributed by atoms with E-state index in [0.717, 1.165) is 0 Å². The maximum Gasteiger partial charge on any atom is 0.305 e. The van der Waals surface area contributed by atoms with Crippen molar-refractivity contribution in [3.05, 3.63) is 76.9 Å². The summed E-state index contributed by atoms with van der Waals surface area (Å²) in [4.78, 5) is 24.6. The fraction of sp³-hybridized carbons (Fsp3) is 0.346. The van der Waals surface area contributed by atoms with E-state index in [1.807, 2.05) is 39.0 Å². The second-order valence-corrected chi connectivity index (χ2v) is 9.98. The van der Waals surface area contributed by atoms with Gasteiger partial charge >= 0.3 is 5.97 Å². The first-order chi connectivity index (χ1) is 16.4. The monoisotopic (exact) mass is 499 g/mol. The number of carbonyl (C=O) groups excluding carboxylic acids is 1. The SMILES string of the molecule is CC(C)(C)[C@@](C)(O)COc1cc(C(=O)N[C@@H](CC(=O)O)c2ccccc2Cl)nn1-c1ccccc1. The Hall–Kier alpha value is -3.36. The number of aliphatic hydroxyl groups is 1. The Bertz CT molecular complexity index is 1190. The maximum absolute atomic E-state index is 13.2. The average Bonchev–Trinajstić information content (AvgIpc) is 3.22. The van der Waals surface area contributed by atoms with Gasteiger partial charge in [-0.2, -0.15) is 5.10 Å². The molecule has 3 N–H and O–H groups in total. The Morgan fingerprint density at radius 1 is 1.09 bits per heavy atom. The van der Waals surface area contributed by atoms with Crippen LogP contribution in [-0.4, -0.2) is 44.1 Å². The highest BCUT2D eigenvalue weighted by molar-refractivity contribution is 6.31. The molecule has 0 saturated carbocycles. The van der Waals surface area contributed by atoms with Gasteiger partial charge in [-0.3, -0.25) is 9.59 Å². The minimum absolute atomic E-state index is 0.0293. The molecule has 2 aromatic carbocycles. The van der Waals surface area contributed by atoms with Crippen LogP contribution in [0.1, 0.15) is 56.2 Å². The Morgan fingerprint density at radius 3 is 2.31 bits per heavy atom. The molecule has 0 aliphatic heterocycles. The van der Waals surface area contributed by atoms with Gasteiger partial charge in [0.2, 0.25) is 5.88 Å². The molecule has 0 saturated heterocycles. The summed E-state index contributed by atoms with van der Waals surface area (Å²) in [5, 5.41) is 27.7. The van der Waals surface area contributed by atoms with Gasteiger partial charge in [0.15, 0.2) is 5.69 Å². The van der Waals surface area contributed by atoms with E-state index in [4.69, 9.17) is 16.3 Å². The number of amides is 1. The molecule has 0 radical (unpaired) electrons. The van der Waals surface area contributed by atoms with E-state index >= 15 is 0 Å². The molecule has 0 aliphatic carbocycles. The van der Waals surface area contributed by atoms with Gasteiger partial charge in [-0.1, -0.05) is 68.8 Å². The van der Waals surface area contributed by atoms with Gasteiger partial charge < -0.3 is 20.3 Å². The van der Waals surface area contributed by atoms with Crippen molar-refractivity contribution in [3.63, 3.8) is 0 Å². The number of aliphatic carboxylic acids is 1. The van der Waals surface area contributed by atoms with Crippen molar-refractivity contribution < 1.29 is 24.5 Å². The van der Waals surface area contributed by atoms with Gasteiger partial charge in [-0.05, 0) is 36.1 Å². The number of ether oxygens (including phenoxy) is 1. The summed E-state index contributed by atoms with van der Waals surface area (Å²) >= 11 is 6.25. The quantitative estimate of drug-likeness (QED) is 0.395. The van der Waals surface area contributed by atoms with E-state index in [1.54, 1.807) is 43.3 Å². The first-order valence-electron chi connectivity index (χ1n) is 11.2. The fourth-order valence-electron chi connectivity index (χ4n) is 3.17. The molecule has 1 amide bonds. The highest BCUT2D eigenvalue weighted by atomic mass is 35.5. The number of hydrogen-bond acceptors (Lipinski definition) is 5. The highest BCUT2D eigenvalue weighted by Gasteiger charge is 2.36. The van der Waals surface area contributed by atoms with Gasteiger partial charge in [0, 0.05) is 11.1 Å². The summed E-state index contributed by atoms with van der Waals surface area (Å²) in [7, 11) is 0. The van der Waals surface area contributed by atoms with Gasteiger partial charge in [-0.15, -0.1) is 0 Å². The minimum atomic E-state index is -1.15. The van der Waals surface area contributed by atoms with Crippen LogP contribution in [0.4, 0.5) is 0 Å². The summed E-state index contributed by atoms with van der Waals surface area (Å²) in [5.41, 5.74) is -0.432. The van der Waals surface area contributed by atoms with Crippen LogP contribution in [0.5, 0.6) is 5.88 Å². The highest BCUT2D eigenvalue weighted by Crippen LogP contribution is 2.31. The first-order valence-corrected chi connectivity index (χ1v) is 11.5. The molecule has 3 rings (SSSR count). The van der Waals surface area contributed by atoms with Crippen molar-refractivity contribution in [1.29, 1.82) is 0 Å². The van der Waals surface area contributed by atoms with E-state index in [-0.39, 0.29) is 24.6 Å². The number of carbonyl (C=O) groups is 2. The molecule has 186 valence electrons. The molecular formula is C26H30ClN3O5. The number of nitrogens with one attached hydrogen (secondary N) is 1. The van der Waals surface area contributed by atoms with Crippen LogP contribution < -0.4 is 10.1 Å². The van der Waals surface area contributed by atoms with E-state index in [0.29, 0.717) is 16.3 Å². The van der Waals surface area contributed by atoms with Crippen LogP contribution >= 0.6 is 11.6 Å². The van der Waals surface area contributed by atoms with E-state index in [2.05, 4.69) is 10.4 Å². The van der Waals surface area contributed by atoms with Crippen molar-refractivity contribution in [2.75, 3.05) is 6.61 Å². The number of hydrogen-bond donors (Lipinski definition) is 3. The standard InChI is InChI=1S/C26H30ClN3O5/c1-25(2,3)26(4,34)16-35-22-14-21(29-30(22)17-10-6-5-7-11-17)24(33)28-20(15-23(31)32)18-12-8-9-13-19(18)27/h5-14,20,34H,15-16H2,1-4H3,(H,28,33)(H,31,32)/t20-,26-/m0/s1. The van der Waals surface area contributed by atoms with Gasteiger partial charge in [0.05, 0.1) is 18.2 Å².